The summed E-state index contributed by atoms with van der Waals surface area (Å²) >= 11 is 0. The molecule has 0 aliphatic carbocycles. The molecular weight excluding hydrogens is 232 g/mol. The van der Waals surface area contributed by atoms with Gasteiger partial charge >= 0.3 is 0 Å². The second kappa shape index (κ2) is 5.31. The Kier molecular flexibility index (Phi) is 3.57. The average molecular weight is 246 g/mol. The molecule has 0 saturated heterocycles. The summed E-state index contributed by atoms with van der Waals surface area (Å²) in [4.78, 5) is 19.7. The van der Waals surface area contributed by atoms with Crippen LogP contribution >= 0.6 is 0 Å². The van der Waals surface area contributed by atoms with Crippen molar-refractivity contribution in [2.75, 3.05) is 5.73 Å². The van der Waals surface area contributed by atoms with Gasteiger partial charge in [0, 0.05) is 6.42 Å². The number of carbonyl (C=O) groups is 1. The molecule has 2 rings (SSSR count). The molecule has 0 atom stereocenters. The quantitative estimate of drug-likeness (QED) is 0.843. The van der Waals surface area contributed by atoms with Crippen LogP contribution in [0.2, 0.25) is 0 Å². The van der Waals surface area contributed by atoms with E-state index >= 15 is 0 Å². The molecule has 0 spiro atoms. The molecule has 3 N–H and O–H groups in total. The largest absolute Gasteiger partial charge is 0.444 e. The van der Waals surface area contributed by atoms with Crippen molar-refractivity contribution in [2.45, 2.75) is 19.9 Å². The molecule has 0 aliphatic heterocycles. The van der Waals surface area contributed by atoms with E-state index in [1.165, 1.54) is 0 Å². The molecule has 6 heteroatoms. The Morgan fingerprint density at radius 1 is 1.50 bits per heavy atom. The van der Waals surface area contributed by atoms with E-state index in [0.717, 1.165) is 12.2 Å². The number of amides is 1. The molecule has 0 aliphatic rings. The Hall–Kier alpha value is -2.37. The number of aromatic nitrogens is 2. The molecular formula is C12H14N4O2. The Labute approximate surface area is 104 Å². The lowest BCUT2D eigenvalue weighted by Gasteiger charge is -2.02. The predicted molar refractivity (Wildman–Crippen MR) is 65.7 cm³/mol. The maximum Gasteiger partial charge on any atom is 0.270 e. The average Bonchev–Trinajstić information content (AvgIpc) is 2.84. The van der Waals surface area contributed by atoms with Crippen LogP contribution in [-0.4, -0.2) is 15.9 Å². The van der Waals surface area contributed by atoms with Gasteiger partial charge in [0.25, 0.3) is 5.91 Å². The van der Waals surface area contributed by atoms with Crippen molar-refractivity contribution in [1.82, 2.24) is 15.3 Å². The molecule has 18 heavy (non-hydrogen) atoms. The number of carbonyl (C=O) groups excluding carboxylic acids is 1. The second-order valence-electron chi connectivity index (χ2n) is 3.70. The van der Waals surface area contributed by atoms with Crippen molar-refractivity contribution in [3.05, 3.63) is 41.7 Å². The molecule has 0 fully saturated rings. The Morgan fingerprint density at radius 2 is 2.33 bits per heavy atom. The van der Waals surface area contributed by atoms with Crippen LogP contribution in [0.4, 0.5) is 5.82 Å². The number of aryl methyl sites for hydroxylation is 1. The highest BCUT2D eigenvalue weighted by atomic mass is 16.4. The lowest BCUT2D eigenvalue weighted by molar-refractivity contribution is 0.0942. The van der Waals surface area contributed by atoms with Crippen molar-refractivity contribution in [3.8, 4) is 0 Å². The number of rotatable bonds is 4. The van der Waals surface area contributed by atoms with Crippen LogP contribution in [0.25, 0.3) is 0 Å². The maximum atomic E-state index is 11.7. The van der Waals surface area contributed by atoms with Crippen molar-refractivity contribution >= 4 is 11.7 Å². The summed E-state index contributed by atoms with van der Waals surface area (Å²) in [6.45, 7) is 2.20. The minimum absolute atomic E-state index is 0.231. The molecule has 0 aromatic carbocycles. The number of oxazole rings is 1. The van der Waals surface area contributed by atoms with E-state index in [0.29, 0.717) is 11.7 Å². The first-order chi connectivity index (χ1) is 8.69. The van der Waals surface area contributed by atoms with Gasteiger partial charge in [0.15, 0.2) is 0 Å². The number of nitrogen functional groups attached to an aromatic ring is 1. The van der Waals surface area contributed by atoms with Crippen LogP contribution < -0.4 is 11.1 Å². The topological polar surface area (TPSA) is 94.0 Å². The maximum absolute atomic E-state index is 11.7. The van der Waals surface area contributed by atoms with Gasteiger partial charge in [0.1, 0.15) is 17.3 Å². The first kappa shape index (κ1) is 12.1. The highest BCUT2D eigenvalue weighted by Gasteiger charge is 2.09. The predicted octanol–water partition coefficient (Wildman–Crippen LogP) is 1.14. The fourth-order valence-corrected chi connectivity index (χ4v) is 1.42. The first-order valence-electron chi connectivity index (χ1n) is 5.63. The number of hydrogen-bond donors (Lipinski definition) is 2. The number of pyridine rings is 1. The van der Waals surface area contributed by atoms with Crippen LogP contribution in [0, 0.1) is 0 Å². The highest BCUT2D eigenvalue weighted by molar-refractivity contribution is 5.92. The zero-order valence-electron chi connectivity index (χ0n) is 10.0. The SMILES string of the molecule is CCc1cnc(CNC(=O)c2cccc(N)n2)o1. The Balaban J connectivity index is 1.96. The van der Waals surface area contributed by atoms with E-state index in [4.69, 9.17) is 10.2 Å². The monoisotopic (exact) mass is 246 g/mol. The normalized spacial score (nSPS) is 10.3. The number of nitrogens with zero attached hydrogens (tertiary/aromatic N) is 2. The van der Waals surface area contributed by atoms with E-state index in [-0.39, 0.29) is 18.1 Å². The summed E-state index contributed by atoms with van der Waals surface area (Å²) in [5, 5.41) is 2.67. The van der Waals surface area contributed by atoms with E-state index in [2.05, 4.69) is 15.3 Å². The molecule has 1 amide bonds. The molecule has 94 valence electrons. The van der Waals surface area contributed by atoms with Gasteiger partial charge in [-0.3, -0.25) is 4.79 Å². The van der Waals surface area contributed by atoms with E-state index in [1.807, 2.05) is 6.92 Å². The van der Waals surface area contributed by atoms with Crippen molar-refractivity contribution in [1.29, 1.82) is 0 Å². The third-order valence-electron chi connectivity index (χ3n) is 2.35. The first-order valence-corrected chi connectivity index (χ1v) is 5.63. The molecule has 0 radical (unpaired) electrons. The van der Waals surface area contributed by atoms with Gasteiger partial charge in [-0.05, 0) is 12.1 Å². The number of anilines is 1. The number of hydrogen-bond acceptors (Lipinski definition) is 5. The van der Waals surface area contributed by atoms with Gasteiger partial charge in [0.2, 0.25) is 5.89 Å². The molecule has 2 aromatic rings. The summed E-state index contributed by atoms with van der Waals surface area (Å²) in [5.74, 6) is 1.27. The van der Waals surface area contributed by atoms with Gasteiger partial charge in [-0.15, -0.1) is 0 Å². The smallest absolute Gasteiger partial charge is 0.270 e. The van der Waals surface area contributed by atoms with E-state index in [1.54, 1.807) is 24.4 Å². The minimum Gasteiger partial charge on any atom is -0.444 e. The molecule has 0 saturated carbocycles. The third kappa shape index (κ3) is 2.85. The summed E-state index contributed by atoms with van der Waals surface area (Å²) in [5.41, 5.74) is 5.78. The summed E-state index contributed by atoms with van der Waals surface area (Å²) in [6.07, 6.45) is 2.43. The van der Waals surface area contributed by atoms with Crippen LogP contribution in [0.15, 0.2) is 28.8 Å². The van der Waals surface area contributed by atoms with Crippen LogP contribution in [-0.2, 0) is 13.0 Å². The number of nitrogens with one attached hydrogen (secondary N) is 1. The molecule has 2 heterocycles. The van der Waals surface area contributed by atoms with Gasteiger partial charge < -0.3 is 15.5 Å². The molecule has 6 nitrogen and oxygen atoms in total. The number of nitrogens with two attached hydrogens (primary N) is 1. The second-order valence-corrected chi connectivity index (χ2v) is 3.70. The van der Waals surface area contributed by atoms with Gasteiger partial charge in [-0.1, -0.05) is 13.0 Å². The highest BCUT2D eigenvalue weighted by Crippen LogP contribution is 2.04. The van der Waals surface area contributed by atoms with E-state index in [9.17, 15) is 4.79 Å². The van der Waals surface area contributed by atoms with Crippen LogP contribution in [0.1, 0.15) is 29.1 Å². The van der Waals surface area contributed by atoms with Crippen molar-refractivity contribution < 1.29 is 9.21 Å². The third-order valence-corrected chi connectivity index (χ3v) is 2.35. The van der Waals surface area contributed by atoms with E-state index < -0.39 is 0 Å². The molecule has 0 unspecified atom stereocenters. The summed E-state index contributed by atoms with van der Waals surface area (Å²) in [7, 11) is 0. The van der Waals surface area contributed by atoms with Crippen molar-refractivity contribution in [3.63, 3.8) is 0 Å². The fourth-order valence-electron chi connectivity index (χ4n) is 1.42. The molecule has 0 bridgehead atoms. The fraction of sp³-hybridized carbons (Fsp3) is 0.250. The summed E-state index contributed by atoms with van der Waals surface area (Å²) in [6, 6.07) is 4.90. The van der Waals surface area contributed by atoms with Gasteiger partial charge in [-0.25, -0.2) is 9.97 Å². The van der Waals surface area contributed by atoms with Gasteiger partial charge in [-0.2, -0.15) is 0 Å². The zero-order valence-corrected chi connectivity index (χ0v) is 10.0. The van der Waals surface area contributed by atoms with Crippen LogP contribution in [0.5, 0.6) is 0 Å². The van der Waals surface area contributed by atoms with Crippen LogP contribution in [0.3, 0.4) is 0 Å². The zero-order chi connectivity index (χ0) is 13.0. The summed E-state index contributed by atoms with van der Waals surface area (Å²) < 4.78 is 5.37. The standard InChI is InChI=1S/C12H14N4O2/c1-2-8-6-14-11(18-8)7-15-12(17)9-4-3-5-10(13)16-9/h3-6H,2,7H2,1H3,(H2,13,16)(H,15,17). The lowest BCUT2D eigenvalue weighted by Crippen LogP contribution is -2.24. The Morgan fingerprint density at radius 3 is 3.00 bits per heavy atom. The Bertz CT molecular complexity index is 551. The molecule has 2 aromatic heterocycles. The lowest BCUT2D eigenvalue weighted by atomic mass is 10.3. The van der Waals surface area contributed by atoms with Crippen molar-refractivity contribution in [2.24, 2.45) is 0 Å². The van der Waals surface area contributed by atoms with Gasteiger partial charge in [0.05, 0.1) is 12.7 Å². The minimum atomic E-state index is -0.307.